The highest BCUT2D eigenvalue weighted by molar-refractivity contribution is 5.75. The van der Waals surface area contributed by atoms with Crippen molar-refractivity contribution in [1.29, 1.82) is 0 Å². The number of carbonyl (C=O) groups is 1. The summed E-state index contributed by atoms with van der Waals surface area (Å²) in [6, 6.07) is 8.54. The number of rotatable bonds is 9. The molecule has 0 radical (unpaired) electrons. The van der Waals surface area contributed by atoms with Gasteiger partial charge >= 0.3 is 5.97 Å². The molecule has 0 aromatic heterocycles. The van der Waals surface area contributed by atoms with E-state index in [9.17, 15) is 4.79 Å². The van der Waals surface area contributed by atoms with Crippen LogP contribution >= 0.6 is 0 Å². The van der Waals surface area contributed by atoms with Crippen LogP contribution in [0.3, 0.4) is 0 Å². The number of esters is 1. The first-order chi connectivity index (χ1) is 16.7. The second-order valence-corrected chi connectivity index (χ2v) is 12.0. The second-order valence-electron chi connectivity index (χ2n) is 12.0. The Morgan fingerprint density at radius 2 is 1.26 bits per heavy atom. The van der Waals surface area contributed by atoms with E-state index >= 15 is 0 Å². The van der Waals surface area contributed by atoms with Crippen molar-refractivity contribution < 1.29 is 9.53 Å². The average molecular weight is 467 g/mol. The zero-order valence-corrected chi connectivity index (χ0v) is 22.1. The van der Waals surface area contributed by atoms with Gasteiger partial charge in [-0.2, -0.15) is 0 Å². The zero-order chi connectivity index (χ0) is 23.8. The van der Waals surface area contributed by atoms with Gasteiger partial charge in [0.2, 0.25) is 0 Å². The van der Waals surface area contributed by atoms with E-state index in [4.69, 9.17) is 4.74 Å². The van der Waals surface area contributed by atoms with Crippen molar-refractivity contribution in [3.05, 3.63) is 29.8 Å². The maximum absolute atomic E-state index is 12.7. The Balaban J connectivity index is 1.18. The maximum Gasteiger partial charge on any atom is 0.314 e. The molecule has 3 fully saturated rings. The summed E-state index contributed by atoms with van der Waals surface area (Å²) in [5.74, 6) is 5.34. The molecule has 0 amide bonds. The second kappa shape index (κ2) is 13.1. The van der Waals surface area contributed by atoms with Gasteiger partial charge in [0.15, 0.2) is 0 Å². The van der Waals surface area contributed by atoms with Gasteiger partial charge in [0.05, 0.1) is 5.92 Å². The van der Waals surface area contributed by atoms with Crippen molar-refractivity contribution in [1.82, 2.24) is 0 Å². The Bertz CT molecular complexity index is 714. The first kappa shape index (κ1) is 25.8. The Morgan fingerprint density at radius 3 is 1.85 bits per heavy atom. The largest absolute Gasteiger partial charge is 0.426 e. The van der Waals surface area contributed by atoms with Gasteiger partial charge in [-0.1, -0.05) is 70.9 Å². The minimum absolute atomic E-state index is 0.00384. The summed E-state index contributed by atoms with van der Waals surface area (Å²) in [5.41, 5.74) is 1.45. The molecule has 2 heteroatoms. The maximum atomic E-state index is 12.7. The van der Waals surface area contributed by atoms with E-state index in [-0.39, 0.29) is 11.9 Å². The van der Waals surface area contributed by atoms with Gasteiger partial charge in [-0.25, -0.2) is 0 Å². The predicted octanol–water partition coefficient (Wildman–Crippen LogP) is 9.47. The van der Waals surface area contributed by atoms with Crippen molar-refractivity contribution in [3.8, 4) is 5.75 Å². The minimum atomic E-state index is -0.00384. The third kappa shape index (κ3) is 7.11. The van der Waals surface area contributed by atoms with E-state index < -0.39 is 0 Å². The lowest BCUT2D eigenvalue weighted by Crippen LogP contribution is -2.26. The topological polar surface area (TPSA) is 26.3 Å². The van der Waals surface area contributed by atoms with Crippen LogP contribution in [-0.2, 0) is 4.79 Å². The fraction of sp³-hybridized carbons (Fsp3) is 0.781. The van der Waals surface area contributed by atoms with Crippen LogP contribution in [-0.4, -0.2) is 5.97 Å². The summed E-state index contributed by atoms with van der Waals surface area (Å²) in [6.45, 7) is 4.60. The molecule has 4 rings (SSSR count). The van der Waals surface area contributed by atoms with Gasteiger partial charge in [-0.05, 0) is 111 Å². The highest BCUT2D eigenvalue weighted by Gasteiger charge is 2.31. The van der Waals surface area contributed by atoms with E-state index in [1.54, 1.807) is 0 Å². The molecule has 0 N–H and O–H groups in total. The first-order valence-corrected chi connectivity index (χ1v) is 15.0. The quantitative estimate of drug-likeness (QED) is 0.267. The van der Waals surface area contributed by atoms with Gasteiger partial charge in [0, 0.05) is 0 Å². The van der Waals surface area contributed by atoms with Crippen molar-refractivity contribution in [2.45, 2.75) is 129 Å². The van der Waals surface area contributed by atoms with Crippen LogP contribution in [0, 0.1) is 29.6 Å². The lowest BCUT2D eigenvalue weighted by Gasteiger charge is -2.38. The number of ether oxygens (including phenoxy) is 1. The van der Waals surface area contributed by atoms with Crippen molar-refractivity contribution in [2.24, 2.45) is 29.6 Å². The summed E-state index contributed by atoms with van der Waals surface area (Å²) in [4.78, 5) is 12.7. The molecule has 1 aromatic carbocycles. The molecule has 0 unspecified atom stereocenters. The molecule has 0 spiro atoms. The number of benzene rings is 1. The molecule has 3 saturated carbocycles. The number of hydrogen-bond acceptors (Lipinski definition) is 2. The molecule has 0 bridgehead atoms. The van der Waals surface area contributed by atoms with Crippen molar-refractivity contribution >= 4 is 5.97 Å². The SMILES string of the molecule is CCCCC1CCC(C(=O)Oc2ccc(C3CCC(C4CCC(CCC)CC4)CC3)cc2)CC1. The number of hydrogen-bond donors (Lipinski definition) is 0. The van der Waals surface area contributed by atoms with E-state index in [2.05, 4.69) is 26.0 Å². The summed E-state index contributed by atoms with van der Waals surface area (Å²) in [6.07, 6.45) is 22.6. The average Bonchev–Trinajstić information content (AvgIpc) is 2.89. The standard InChI is InChI=1S/C32H50O2/c1-3-5-7-25-10-14-30(15-11-25)32(33)34-31-22-20-29(21-23-31)28-18-16-27(17-19-28)26-12-8-24(6-4-2)9-13-26/h20-28,30H,3-19H2,1-2H3. The Morgan fingerprint density at radius 1 is 0.706 bits per heavy atom. The van der Waals surface area contributed by atoms with E-state index in [1.165, 1.54) is 102 Å². The third-order valence-corrected chi connectivity index (χ3v) is 9.74. The molecule has 3 aliphatic carbocycles. The molecular formula is C32H50O2. The molecule has 0 aliphatic heterocycles. The van der Waals surface area contributed by atoms with Gasteiger partial charge in [-0.3, -0.25) is 4.79 Å². The van der Waals surface area contributed by atoms with E-state index in [1.807, 2.05) is 12.1 Å². The van der Waals surface area contributed by atoms with Crippen LogP contribution in [0.2, 0.25) is 0 Å². The monoisotopic (exact) mass is 466 g/mol. The molecule has 34 heavy (non-hydrogen) atoms. The summed E-state index contributed by atoms with van der Waals surface area (Å²) in [7, 11) is 0. The van der Waals surface area contributed by atoms with Gasteiger partial charge in [0.25, 0.3) is 0 Å². The lowest BCUT2D eigenvalue weighted by molar-refractivity contribution is -0.140. The highest BCUT2D eigenvalue weighted by atomic mass is 16.5. The fourth-order valence-electron chi connectivity index (χ4n) is 7.47. The molecule has 2 nitrogen and oxygen atoms in total. The number of carbonyl (C=O) groups excluding carboxylic acids is 1. The van der Waals surface area contributed by atoms with E-state index in [0.717, 1.165) is 42.3 Å². The third-order valence-electron chi connectivity index (χ3n) is 9.74. The van der Waals surface area contributed by atoms with Gasteiger partial charge in [-0.15, -0.1) is 0 Å². The van der Waals surface area contributed by atoms with Crippen LogP contribution in [0.1, 0.15) is 134 Å². The minimum Gasteiger partial charge on any atom is -0.426 e. The van der Waals surface area contributed by atoms with Crippen LogP contribution in [0.5, 0.6) is 5.75 Å². The first-order valence-electron chi connectivity index (χ1n) is 15.0. The van der Waals surface area contributed by atoms with Crippen LogP contribution in [0.4, 0.5) is 0 Å². The Labute approximate surface area is 209 Å². The summed E-state index contributed by atoms with van der Waals surface area (Å²) < 4.78 is 5.80. The molecule has 1 aromatic rings. The number of unbranched alkanes of at least 4 members (excludes halogenated alkanes) is 1. The van der Waals surface area contributed by atoms with Crippen LogP contribution in [0.25, 0.3) is 0 Å². The summed E-state index contributed by atoms with van der Waals surface area (Å²) in [5, 5.41) is 0. The van der Waals surface area contributed by atoms with Gasteiger partial charge < -0.3 is 4.74 Å². The van der Waals surface area contributed by atoms with E-state index in [0.29, 0.717) is 5.92 Å². The van der Waals surface area contributed by atoms with Gasteiger partial charge in [0.1, 0.15) is 5.75 Å². The normalized spacial score (nSPS) is 32.3. The van der Waals surface area contributed by atoms with Crippen LogP contribution < -0.4 is 4.74 Å². The van der Waals surface area contributed by atoms with Crippen molar-refractivity contribution in [2.75, 3.05) is 0 Å². The van der Waals surface area contributed by atoms with Crippen LogP contribution in [0.15, 0.2) is 24.3 Å². The molecule has 190 valence electrons. The molecule has 0 heterocycles. The lowest BCUT2D eigenvalue weighted by atomic mass is 9.68. The summed E-state index contributed by atoms with van der Waals surface area (Å²) >= 11 is 0. The van der Waals surface area contributed by atoms with Crippen molar-refractivity contribution in [3.63, 3.8) is 0 Å². The fourth-order valence-corrected chi connectivity index (χ4v) is 7.47. The Hall–Kier alpha value is -1.31. The molecule has 0 atom stereocenters. The smallest absolute Gasteiger partial charge is 0.314 e. The predicted molar refractivity (Wildman–Crippen MR) is 142 cm³/mol. The highest BCUT2D eigenvalue weighted by Crippen LogP contribution is 2.44. The Kier molecular flexibility index (Phi) is 9.95. The molecular weight excluding hydrogens is 416 g/mol. The zero-order valence-electron chi connectivity index (χ0n) is 22.1. The molecule has 0 saturated heterocycles. The molecule has 3 aliphatic rings.